The van der Waals surface area contributed by atoms with Crippen molar-refractivity contribution in [3.63, 3.8) is 0 Å². The van der Waals surface area contributed by atoms with Gasteiger partial charge in [0.1, 0.15) is 0 Å². The number of benzene rings is 1. The summed E-state index contributed by atoms with van der Waals surface area (Å²) in [6, 6.07) is 7.67. The molecule has 0 radical (unpaired) electrons. The number of rotatable bonds is 3. The Kier molecular flexibility index (Phi) is 4.70. The first kappa shape index (κ1) is 15.0. The number of urea groups is 1. The lowest BCUT2D eigenvalue weighted by Gasteiger charge is -2.25. The molecule has 22 heavy (non-hydrogen) atoms. The number of carbonyl (C=O) groups excluding carboxylic acids is 2. The van der Waals surface area contributed by atoms with Gasteiger partial charge in [0.25, 0.3) is 0 Å². The standard InChI is InChI=1S/C16H21N3O3/c20-15(11-19-7-9-22-10-8-19)18-16(21)17-14-6-5-12-3-1-2-4-13(12)14/h1-4,14H,5-11H2,(H2,17,18,20,21). The Bertz CT molecular complexity index is 555. The van der Waals surface area contributed by atoms with Gasteiger partial charge in [-0.05, 0) is 24.0 Å². The van der Waals surface area contributed by atoms with Crippen LogP contribution in [0.1, 0.15) is 23.6 Å². The van der Waals surface area contributed by atoms with Gasteiger partial charge < -0.3 is 10.1 Å². The average molecular weight is 303 g/mol. The number of nitrogens with one attached hydrogen (secondary N) is 2. The van der Waals surface area contributed by atoms with E-state index < -0.39 is 6.03 Å². The summed E-state index contributed by atoms with van der Waals surface area (Å²) in [4.78, 5) is 25.8. The van der Waals surface area contributed by atoms with E-state index in [0.717, 1.165) is 31.5 Å². The normalized spacial score (nSPS) is 21.2. The highest BCUT2D eigenvalue weighted by Gasteiger charge is 2.24. The molecule has 1 unspecified atom stereocenters. The number of nitrogens with zero attached hydrogens (tertiary/aromatic N) is 1. The second-order valence-electron chi connectivity index (χ2n) is 5.70. The summed E-state index contributed by atoms with van der Waals surface area (Å²) in [6.45, 7) is 2.96. The predicted molar refractivity (Wildman–Crippen MR) is 81.4 cm³/mol. The molecule has 3 amide bonds. The first-order chi connectivity index (χ1) is 10.7. The maximum absolute atomic E-state index is 12.0. The van der Waals surface area contributed by atoms with Crippen LogP contribution in [0, 0.1) is 0 Å². The number of amides is 3. The SMILES string of the molecule is O=C(CN1CCOCC1)NC(=O)NC1CCc2ccccc21. The molecule has 0 bridgehead atoms. The Balaban J connectivity index is 1.47. The molecule has 2 N–H and O–H groups in total. The zero-order valence-corrected chi connectivity index (χ0v) is 12.5. The zero-order valence-electron chi connectivity index (χ0n) is 12.5. The highest BCUT2D eigenvalue weighted by atomic mass is 16.5. The highest BCUT2D eigenvalue weighted by molar-refractivity contribution is 5.95. The fourth-order valence-corrected chi connectivity index (χ4v) is 3.03. The maximum atomic E-state index is 12.0. The Labute approximate surface area is 129 Å². The van der Waals surface area contributed by atoms with Crippen LogP contribution >= 0.6 is 0 Å². The first-order valence-electron chi connectivity index (χ1n) is 7.70. The summed E-state index contributed by atoms with van der Waals surface area (Å²) in [5.74, 6) is -0.273. The van der Waals surface area contributed by atoms with Crippen LogP contribution < -0.4 is 10.6 Å². The van der Waals surface area contributed by atoms with Gasteiger partial charge in [0.05, 0.1) is 25.8 Å². The summed E-state index contributed by atoms with van der Waals surface area (Å²) in [6.07, 6.45) is 1.84. The number of hydrogen-bond acceptors (Lipinski definition) is 4. The monoisotopic (exact) mass is 303 g/mol. The number of imide groups is 1. The summed E-state index contributed by atoms with van der Waals surface area (Å²) < 4.78 is 5.23. The van der Waals surface area contributed by atoms with Crippen LogP contribution in [0.3, 0.4) is 0 Å². The maximum Gasteiger partial charge on any atom is 0.321 e. The van der Waals surface area contributed by atoms with Crippen LogP contribution in [0.5, 0.6) is 0 Å². The van der Waals surface area contributed by atoms with E-state index in [4.69, 9.17) is 4.74 Å². The van der Waals surface area contributed by atoms with Crippen molar-refractivity contribution in [3.05, 3.63) is 35.4 Å². The van der Waals surface area contributed by atoms with Gasteiger partial charge in [0, 0.05) is 13.1 Å². The van der Waals surface area contributed by atoms with E-state index in [2.05, 4.69) is 16.7 Å². The average Bonchev–Trinajstić information content (AvgIpc) is 2.91. The quantitative estimate of drug-likeness (QED) is 0.868. The van der Waals surface area contributed by atoms with Gasteiger partial charge >= 0.3 is 6.03 Å². The molecular formula is C16H21N3O3. The molecule has 6 nitrogen and oxygen atoms in total. The van der Waals surface area contributed by atoms with Crippen molar-refractivity contribution >= 4 is 11.9 Å². The minimum atomic E-state index is -0.417. The number of hydrogen-bond donors (Lipinski definition) is 2. The molecule has 0 aromatic heterocycles. The summed E-state index contributed by atoms with van der Waals surface area (Å²) in [5.41, 5.74) is 2.42. The Morgan fingerprint density at radius 2 is 2.00 bits per heavy atom. The zero-order chi connectivity index (χ0) is 15.4. The van der Waals surface area contributed by atoms with Gasteiger partial charge in [-0.1, -0.05) is 24.3 Å². The third-order valence-corrected chi connectivity index (χ3v) is 4.16. The molecule has 1 fully saturated rings. The first-order valence-corrected chi connectivity index (χ1v) is 7.70. The Morgan fingerprint density at radius 3 is 2.82 bits per heavy atom. The van der Waals surface area contributed by atoms with E-state index in [1.165, 1.54) is 5.56 Å². The Hall–Kier alpha value is -1.92. The molecule has 1 aliphatic heterocycles. The van der Waals surface area contributed by atoms with Crippen LogP contribution in [0.25, 0.3) is 0 Å². The van der Waals surface area contributed by atoms with Crippen LogP contribution in [0.2, 0.25) is 0 Å². The molecule has 1 atom stereocenters. The predicted octanol–water partition coefficient (Wildman–Crippen LogP) is 0.832. The van der Waals surface area contributed by atoms with E-state index >= 15 is 0 Å². The van der Waals surface area contributed by atoms with E-state index in [1.54, 1.807) is 0 Å². The van der Waals surface area contributed by atoms with Gasteiger partial charge in [-0.25, -0.2) is 4.79 Å². The molecule has 6 heteroatoms. The third kappa shape index (κ3) is 3.64. The number of carbonyl (C=O) groups is 2. The van der Waals surface area contributed by atoms with E-state index in [-0.39, 0.29) is 18.5 Å². The van der Waals surface area contributed by atoms with Gasteiger partial charge in [0.2, 0.25) is 5.91 Å². The van der Waals surface area contributed by atoms with Gasteiger partial charge in [-0.15, -0.1) is 0 Å². The van der Waals surface area contributed by atoms with E-state index in [9.17, 15) is 9.59 Å². The molecule has 0 spiro atoms. The number of morpholine rings is 1. The van der Waals surface area contributed by atoms with E-state index in [0.29, 0.717) is 13.2 Å². The van der Waals surface area contributed by atoms with Crippen molar-refractivity contribution in [1.82, 2.24) is 15.5 Å². The fraction of sp³-hybridized carbons (Fsp3) is 0.500. The molecule has 0 saturated carbocycles. The lowest BCUT2D eigenvalue weighted by atomic mass is 10.1. The second kappa shape index (κ2) is 6.89. The highest BCUT2D eigenvalue weighted by Crippen LogP contribution is 2.30. The van der Waals surface area contributed by atoms with Gasteiger partial charge in [-0.2, -0.15) is 0 Å². The smallest absolute Gasteiger partial charge is 0.321 e. The van der Waals surface area contributed by atoms with Crippen LogP contribution in [0.4, 0.5) is 4.79 Å². The van der Waals surface area contributed by atoms with Crippen molar-refractivity contribution in [3.8, 4) is 0 Å². The molecule has 1 heterocycles. The molecule has 2 aliphatic rings. The molecule has 1 saturated heterocycles. The van der Waals surface area contributed by atoms with Gasteiger partial charge in [-0.3, -0.25) is 15.0 Å². The largest absolute Gasteiger partial charge is 0.379 e. The van der Waals surface area contributed by atoms with Crippen molar-refractivity contribution in [1.29, 1.82) is 0 Å². The van der Waals surface area contributed by atoms with Crippen molar-refractivity contribution in [2.75, 3.05) is 32.8 Å². The van der Waals surface area contributed by atoms with Crippen LogP contribution in [0.15, 0.2) is 24.3 Å². The van der Waals surface area contributed by atoms with Crippen molar-refractivity contribution in [2.45, 2.75) is 18.9 Å². The van der Waals surface area contributed by atoms with Crippen LogP contribution in [-0.2, 0) is 16.0 Å². The molecule has 1 aromatic rings. The lowest BCUT2D eigenvalue weighted by molar-refractivity contribution is -0.122. The number of ether oxygens (including phenoxy) is 1. The van der Waals surface area contributed by atoms with Crippen LogP contribution in [-0.4, -0.2) is 49.7 Å². The molecule has 3 rings (SSSR count). The number of fused-ring (bicyclic) bond motifs is 1. The summed E-state index contributed by atoms with van der Waals surface area (Å²) >= 11 is 0. The van der Waals surface area contributed by atoms with Gasteiger partial charge in [0.15, 0.2) is 0 Å². The lowest BCUT2D eigenvalue weighted by Crippen LogP contribution is -2.47. The van der Waals surface area contributed by atoms with Crippen molar-refractivity contribution in [2.24, 2.45) is 0 Å². The van der Waals surface area contributed by atoms with Crippen molar-refractivity contribution < 1.29 is 14.3 Å². The Morgan fingerprint density at radius 1 is 1.23 bits per heavy atom. The van der Waals surface area contributed by atoms with E-state index in [1.807, 2.05) is 23.1 Å². The topological polar surface area (TPSA) is 70.7 Å². The molecular weight excluding hydrogens is 282 g/mol. The molecule has 1 aromatic carbocycles. The second-order valence-corrected chi connectivity index (χ2v) is 5.70. The molecule has 118 valence electrons. The minimum Gasteiger partial charge on any atom is -0.379 e. The minimum absolute atomic E-state index is 0.00705. The summed E-state index contributed by atoms with van der Waals surface area (Å²) in [5, 5.41) is 5.30. The molecule has 1 aliphatic carbocycles. The number of aryl methyl sites for hydroxylation is 1. The fourth-order valence-electron chi connectivity index (χ4n) is 3.03. The third-order valence-electron chi connectivity index (χ3n) is 4.16. The summed E-state index contributed by atoms with van der Waals surface area (Å²) in [7, 11) is 0.